The highest BCUT2D eigenvalue weighted by Crippen LogP contribution is 2.36. The van der Waals surface area contributed by atoms with Crippen LogP contribution in [0.3, 0.4) is 0 Å². The first-order valence-electron chi connectivity index (χ1n) is 8.83. The minimum Gasteiger partial charge on any atom is -0.496 e. The van der Waals surface area contributed by atoms with Crippen LogP contribution in [0.5, 0.6) is 5.75 Å². The van der Waals surface area contributed by atoms with Crippen molar-refractivity contribution in [2.45, 2.75) is 12.7 Å². The van der Waals surface area contributed by atoms with Gasteiger partial charge in [0.2, 0.25) is 0 Å². The van der Waals surface area contributed by atoms with E-state index in [0.717, 1.165) is 6.20 Å². The first-order chi connectivity index (χ1) is 14.7. The van der Waals surface area contributed by atoms with Crippen LogP contribution in [-0.2, 0) is 6.54 Å². The number of carbonyl (C=O) groups excluding carboxylic acids is 1. The standard InChI is InChI=1S/C19H14ClF3N6O2/c1-31-15-4-3-11(20)7-12(15)16-14(9-28(27-16)10-19(21,22)23)26-18(30)13-8-25-29-6-2-5-24-17(13)29/h2-9H,10H2,1H3,(H,26,30). The molecule has 0 saturated carbocycles. The molecule has 4 aromatic rings. The topological polar surface area (TPSA) is 86.3 Å². The summed E-state index contributed by atoms with van der Waals surface area (Å²) in [4.78, 5) is 17.0. The average molecular weight is 451 g/mol. The Hall–Kier alpha value is -3.60. The van der Waals surface area contributed by atoms with Gasteiger partial charge in [-0.1, -0.05) is 11.6 Å². The molecular weight excluding hydrogens is 437 g/mol. The third-order valence-electron chi connectivity index (χ3n) is 4.29. The van der Waals surface area contributed by atoms with Crippen LogP contribution in [0.1, 0.15) is 10.4 Å². The van der Waals surface area contributed by atoms with Crippen molar-refractivity contribution in [1.29, 1.82) is 0 Å². The Morgan fingerprint density at radius 3 is 2.87 bits per heavy atom. The molecule has 0 saturated heterocycles. The number of anilines is 1. The normalized spacial score (nSPS) is 11.6. The number of halogens is 4. The molecule has 3 heterocycles. The van der Waals surface area contributed by atoms with Gasteiger partial charge in [-0.15, -0.1) is 0 Å². The first-order valence-corrected chi connectivity index (χ1v) is 9.21. The number of fused-ring (bicyclic) bond motifs is 1. The lowest BCUT2D eigenvalue weighted by Crippen LogP contribution is -2.18. The minimum absolute atomic E-state index is 0.0464. The van der Waals surface area contributed by atoms with Crippen LogP contribution < -0.4 is 10.1 Å². The minimum atomic E-state index is -4.50. The molecule has 0 unspecified atom stereocenters. The van der Waals surface area contributed by atoms with Crippen LogP contribution in [0.2, 0.25) is 5.02 Å². The van der Waals surface area contributed by atoms with Gasteiger partial charge in [-0.2, -0.15) is 23.4 Å². The number of nitrogens with zero attached hydrogens (tertiary/aromatic N) is 5. The molecule has 0 fully saturated rings. The van der Waals surface area contributed by atoms with E-state index in [-0.39, 0.29) is 16.9 Å². The molecule has 0 aliphatic heterocycles. The molecule has 31 heavy (non-hydrogen) atoms. The highest BCUT2D eigenvalue weighted by Gasteiger charge is 2.30. The largest absolute Gasteiger partial charge is 0.496 e. The number of hydrogen-bond acceptors (Lipinski definition) is 5. The summed E-state index contributed by atoms with van der Waals surface area (Å²) in [7, 11) is 1.41. The highest BCUT2D eigenvalue weighted by atomic mass is 35.5. The van der Waals surface area contributed by atoms with Crippen molar-refractivity contribution >= 4 is 28.8 Å². The predicted molar refractivity (Wildman–Crippen MR) is 106 cm³/mol. The molecule has 0 aliphatic rings. The number of nitrogens with one attached hydrogen (secondary N) is 1. The Kier molecular flexibility index (Phi) is 5.27. The van der Waals surface area contributed by atoms with Crippen molar-refractivity contribution in [3.8, 4) is 17.0 Å². The second kappa shape index (κ2) is 7.91. The molecule has 8 nitrogen and oxygen atoms in total. The van der Waals surface area contributed by atoms with E-state index < -0.39 is 18.6 Å². The molecule has 0 atom stereocenters. The van der Waals surface area contributed by atoms with Crippen molar-refractivity contribution in [1.82, 2.24) is 24.4 Å². The van der Waals surface area contributed by atoms with E-state index >= 15 is 0 Å². The number of aromatic nitrogens is 5. The molecule has 1 N–H and O–H groups in total. The number of benzene rings is 1. The maximum absolute atomic E-state index is 12.9. The summed E-state index contributed by atoms with van der Waals surface area (Å²) in [5.74, 6) is -0.280. The number of carbonyl (C=O) groups is 1. The van der Waals surface area contributed by atoms with E-state index in [4.69, 9.17) is 16.3 Å². The molecule has 12 heteroatoms. The van der Waals surface area contributed by atoms with Crippen molar-refractivity contribution in [3.05, 3.63) is 59.6 Å². The van der Waals surface area contributed by atoms with Crippen LogP contribution in [0.15, 0.2) is 49.1 Å². The third kappa shape index (κ3) is 4.31. The van der Waals surface area contributed by atoms with Crippen LogP contribution in [0.25, 0.3) is 16.9 Å². The van der Waals surface area contributed by atoms with Crippen LogP contribution >= 0.6 is 11.6 Å². The summed E-state index contributed by atoms with van der Waals surface area (Å²) in [6, 6.07) is 6.26. The molecule has 0 bridgehead atoms. The van der Waals surface area contributed by atoms with Crippen LogP contribution in [0, 0.1) is 0 Å². The number of hydrogen-bond donors (Lipinski definition) is 1. The van der Waals surface area contributed by atoms with Crippen molar-refractivity contribution in [2.75, 3.05) is 12.4 Å². The van der Waals surface area contributed by atoms with E-state index in [9.17, 15) is 18.0 Å². The molecule has 0 aliphatic carbocycles. The molecule has 3 aromatic heterocycles. The highest BCUT2D eigenvalue weighted by molar-refractivity contribution is 6.31. The van der Waals surface area contributed by atoms with Crippen LogP contribution in [0.4, 0.5) is 18.9 Å². The Morgan fingerprint density at radius 1 is 1.32 bits per heavy atom. The van der Waals surface area contributed by atoms with Gasteiger partial charge >= 0.3 is 6.18 Å². The fourth-order valence-electron chi connectivity index (χ4n) is 3.02. The molecule has 160 valence electrons. The van der Waals surface area contributed by atoms with Crippen molar-refractivity contribution in [3.63, 3.8) is 0 Å². The number of amides is 1. The lowest BCUT2D eigenvalue weighted by molar-refractivity contribution is -0.142. The Balaban J connectivity index is 1.77. The van der Waals surface area contributed by atoms with E-state index in [0.29, 0.717) is 26.7 Å². The zero-order valence-electron chi connectivity index (χ0n) is 15.9. The summed E-state index contributed by atoms with van der Waals surface area (Å²) in [6.07, 6.45) is 1.02. The molecule has 1 aromatic carbocycles. The van der Waals surface area contributed by atoms with Gasteiger partial charge in [0.25, 0.3) is 5.91 Å². The van der Waals surface area contributed by atoms with Gasteiger partial charge < -0.3 is 10.1 Å². The fraction of sp³-hybridized carbons (Fsp3) is 0.158. The smallest absolute Gasteiger partial charge is 0.408 e. The Bertz CT molecular complexity index is 1270. The van der Waals surface area contributed by atoms with Gasteiger partial charge in [0, 0.05) is 29.2 Å². The number of rotatable bonds is 5. The van der Waals surface area contributed by atoms with Gasteiger partial charge in [-0.3, -0.25) is 9.48 Å². The van der Waals surface area contributed by atoms with Gasteiger partial charge in [-0.25, -0.2) is 9.50 Å². The summed E-state index contributed by atoms with van der Waals surface area (Å²) in [6.45, 7) is -1.34. The Morgan fingerprint density at radius 2 is 2.13 bits per heavy atom. The second-order valence-electron chi connectivity index (χ2n) is 6.45. The van der Waals surface area contributed by atoms with E-state index in [1.807, 2.05) is 0 Å². The quantitative estimate of drug-likeness (QED) is 0.495. The molecular formula is C19H14ClF3N6O2. The molecule has 0 radical (unpaired) electrons. The number of alkyl halides is 3. The lowest BCUT2D eigenvalue weighted by Gasteiger charge is -2.09. The second-order valence-corrected chi connectivity index (χ2v) is 6.89. The van der Waals surface area contributed by atoms with E-state index in [1.165, 1.54) is 30.1 Å². The van der Waals surface area contributed by atoms with Gasteiger partial charge in [0.1, 0.15) is 23.6 Å². The third-order valence-corrected chi connectivity index (χ3v) is 4.53. The van der Waals surface area contributed by atoms with Gasteiger partial charge in [0.05, 0.1) is 19.0 Å². The van der Waals surface area contributed by atoms with Crippen molar-refractivity contribution < 1.29 is 22.7 Å². The SMILES string of the molecule is COc1ccc(Cl)cc1-c1nn(CC(F)(F)F)cc1NC(=O)c1cnn2cccnc12. The summed E-state index contributed by atoms with van der Waals surface area (Å²) >= 11 is 6.06. The van der Waals surface area contributed by atoms with Crippen LogP contribution in [-0.4, -0.2) is 43.6 Å². The zero-order chi connectivity index (χ0) is 22.2. The lowest BCUT2D eigenvalue weighted by atomic mass is 10.1. The molecule has 1 amide bonds. The summed E-state index contributed by atoms with van der Waals surface area (Å²) in [5.41, 5.74) is 0.883. The molecule has 0 spiro atoms. The maximum Gasteiger partial charge on any atom is 0.408 e. The maximum atomic E-state index is 12.9. The fourth-order valence-corrected chi connectivity index (χ4v) is 3.19. The number of ether oxygens (including phenoxy) is 1. The van der Waals surface area contributed by atoms with E-state index in [2.05, 4.69) is 20.5 Å². The van der Waals surface area contributed by atoms with Crippen molar-refractivity contribution in [2.24, 2.45) is 0 Å². The summed E-state index contributed by atoms with van der Waals surface area (Å²) < 4.78 is 46.2. The van der Waals surface area contributed by atoms with Gasteiger partial charge in [0.15, 0.2) is 5.65 Å². The number of methoxy groups -OCH3 is 1. The van der Waals surface area contributed by atoms with E-state index in [1.54, 1.807) is 24.4 Å². The first kappa shape index (κ1) is 20.7. The van der Waals surface area contributed by atoms with Gasteiger partial charge in [-0.05, 0) is 24.3 Å². The zero-order valence-corrected chi connectivity index (χ0v) is 16.6. The Labute approximate surface area is 178 Å². The predicted octanol–water partition coefficient (Wildman–Crippen LogP) is 4.07. The average Bonchev–Trinajstić information content (AvgIpc) is 3.30. The molecule has 4 rings (SSSR count). The monoisotopic (exact) mass is 450 g/mol. The summed E-state index contributed by atoms with van der Waals surface area (Å²) in [5, 5.41) is 11.0.